The van der Waals surface area contributed by atoms with E-state index in [1.165, 1.54) is 32.5 Å². The van der Waals surface area contributed by atoms with E-state index < -0.39 is 0 Å². The molecule has 0 fully saturated rings. The SMILES string of the molecule is CCN1Cc2cc3c(cc2C1)CC(C(C)C)C3. The van der Waals surface area contributed by atoms with Crippen LogP contribution in [0.15, 0.2) is 12.1 Å². The van der Waals surface area contributed by atoms with Gasteiger partial charge in [0.2, 0.25) is 0 Å². The summed E-state index contributed by atoms with van der Waals surface area (Å²) >= 11 is 0. The summed E-state index contributed by atoms with van der Waals surface area (Å²) in [5.41, 5.74) is 6.46. The lowest BCUT2D eigenvalue weighted by atomic mass is 9.93. The third kappa shape index (κ3) is 1.91. The fourth-order valence-corrected chi connectivity index (χ4v) is 3.34. The van der Waals surface area contributed by atoms with Crippen LogP contribution in [0.2, 0.25) is 0 Å². The third-order valence-electron chi connectivity index (χ3n) is 4.66. The van der Waals surface area contributed by atoms with Crippen molar-refractivity contribution in [2.45, 2.75) is 46.7 Å². The van der Waals surface area contributed by atoms with Crippen molar-refractivity contribution in [2.24, 2.45) is 11.8 Å². The first kappa shape index (κ1) is 11.3. The van der Waals surface area contributed by atoms with Gasteiger partial charge in [0.15, 0.2) is 0 Å². The Hall–Kier alpha value is -0.820. The number of benzene rings is 1. The van der Waals surface area contributed by atoms with Crippen LogP contribution in [0.3, 0.4) is 0 Å². The van der Waals surface area contributed by atoms with Gasteiger partial charge in [0.25, 0.3) is 0 Å². The molecule has 0 unspecified atom stereocenters. The van der Waals surface area contributed by atoms with E-state index in [-0.39, 0.29) is 0 Å². The second kappa shape index (κ2) is 4.13. The van der Waals surface area contributed by atoms with Crippen molar-refractivity contribution in [1.82, 2.24) is 4.90 Å². The molecule has 1 aromatic rings. The van der Waals surface area contributed by atoms with Crippen molar-refractivity contribution >= 4 is 0 Å². The topological polar surface area (TPSA) is 3.24 Å². The summed E-state index contributed by atoms with van der Waals surface area (Å²) in [4.78, 5) is 2.53. The molecule has 2 aliphatic rings. The Bertz CT molecular complexity index is 398. The monoisotopic (exact) mass is 229 g/mol. The van der Waals surface area contributed by atoms with Crippen LogP contribution in [0.5, 0.6) is 0 Å². The lowest BCUT2D eigenvalue weighted by Crippen LogP contribution is -2.14. The van der Waals surface area contributed by atoms with E-state index >= 15 is 0 Å². The standard InChI is InChI=1S/C16H23N/c1-4-17-9-15-7-13-5-12(11(2)3)6-14(13)8-16(15)10-17/h7-8,11-12H,4-6,9-10H2,1-3H3. The largest absolute Gasteiger partial charge is 0.295 e. The average Bonchev–Trinajstić information content (AvgIpc) is 2.87. The number of hydrogen-bond donors (Lipinski definition) is 0. The summed E-state index contributed by atoms with van der Waals surface area (Å²) < 4.78 is 0. The zero-order valence-electron chi connectivity index (χ0n) is 11.3. The Morgan fingerprint density at radius 1 is 1.06 bits per heavy atom. The Morgan fingerprint density at radius 3 is 2.00 bits per heavy atom. The van der Waals surface area contributed by atoms with Gasteiger partial charge in [-0.3, -0.25) is 4.90 Å². The molecular formula is C16H23N. The number of rotatable bonds is 2. The van der Waals surface area contributed by atoms with Crippen molar-refractivity contribution in [2.75, 3.05) is 6.54 Å². The predicted octanol–water partition coefficient (Wildman–Crippen LogP) is 3.39. The molecule has 3 rings (SSSR count). The molecule has 1 aromatic carbocycles. The van der Waals surface area contributed by atoms with Gasteiger partial charge < -0.3 is 0 Å². The van der Waals surface area contributed by atoms with Crippen molar-refractivity contribution in [1.29, 1.82) is 0 Å². The van der Waals surface area contributed by atoms with Crippen LogP contribution < -0.4 is 0 Å². The molecule has 1 aliphatic carbocycles. The smallest absolute Gasteiger partial charge is 0.0240 e. The maximum absolute atomic E-state index is 2.53. The molecule has 0 saturated heterocycles. The molecule has 1 heteroatoms. The molecule has 92 valence electrons. The molecule has 0 aromatic heterocycles. The van der Waals surface area contributed by atoms with E-state index in [1.807, 2.05) is 0 Å². The zero-order chi connectivity index (χ0) is 12.0. The fourth-order valence-electron chi connectivity index (χ4n) is 3.34. The molecule has 0 saturated carbocycles. The van der Waals surface area contributed by atoms with Gasteiger partial charge in [0.05, 0.1) is 0 Å². The highest BCUT2D eigenvalue weighted by Crippen LogP contribution is 2.35. The quantitative estimate of drug-likeness (QED) is 0.751. The summed E-state index contributed by atoms with van der Waals surface area (Å²) in [5, 5.41) is 0. The minimum Gasteiger partial charge on any atom is -0.295 e. The normalized spacial score (nSPS) is 20.0. The second-order valence-electron chi connectivity index (χ2n) is 6.11. The maximum Gasteiger partial charge on any atom is 0.0240 e. The summed E-state index contributed by atoms with van der Waals surface area (Å²) in [6.45, 7) is 10.5. The van der Waals surface area contributed by atoms with Crippen LogP contribution in [0, 0.1) is 11.8 Å². The first-order valence-corrected chi connectivity index (χ1v) is 7.03. The van der Waals surface area contributed by atoms with Crippen molar-refractivity contribution in [3.8, 4) is 0 Å². The van der Waals surface area contributed by atoms with Gasteiger partial charge in [-0.2, -0.15) is 0 Å². The van der Waals surface area contributed by atoms with Crippen molar-refractivity contribution in [3.05, 3.63) is 34.4 Å². The van der Waals surface area contributed by atoms with E-state index in [1.54, 1.807) is 22.3 Å². The predicted molar refractivity (Wildman–Crippen MR) is 72.0 cm³/mol. The molecule has 1 heterocycles. The third-order valence-corrected chi connectivity index (χ3v) is 4.66. The van der Waals surface area contributed by atoms with Crippen molar-refractivity contribution in [3.63, 3.8) is 0 Å². The zero-order valence-corrected chi connectivity index (χ0v) is 11.3. The second-order valence-corrected chi connectivity index (χ2v) is 6.11. The van der Waals surface area contributed by atoms with Crippen LogP contribution >= 0.6 is 0 Å². The van der Waals surface area contributed by atoms with Gasteiger partial charge in [0.1, 0.15) is 0 Å². The summed E-state index contributed by atoms with van der Waals surface area (Å²) in [6, 6.07) is 5.01. The average molecular weight is 229 g/mol. The molecule has 0 bridgehead atoms. The van der Waals surface area contributed by atoms with E-state index in [0.29, 0.717) is 0 Å². The maximum atomic E-state index is 2.53. The number of nitrogens with zero attached hydrogens (tertiary/aromatic N) is 1. The van der Waals surface area contributed by atoms with Gasteiger partial charge in [-0.15, -0.1) is 0 Å². The molecule has 0 atom stereocenters. The van der Waals surface area contributed by atoms with E-state index in [4.69, 9.17) is 0 Å². The lowest BCUT2D eigenvalue weighted by molar-refractivity contribution is 0.300. The first-order valence-electron chi connectivity index (χ1n) is 7.03. The van der Waals surface area contributed by atoms with Crippen molar-refractivity contribution < 1.29 is 0 Å². The molecular weight excluding hydrogens is 206 g/mol. The van der Waals surface area contributed by atoms with E-state index in [0.717, 1.165) is 11.8 Å². The van der Waals surface area contributed by atoms with Gasteiger partial charge in [-0.25, -0.2) is 0 Å². The molecule has 17 heavy (non-hydrogen) atoms. The van der Waals surface area contributed by atoms with E-state index in [2.05, 4.69) is 37.8 Å². The molecule has 0 N–H and O–H groups in total. The summed E-state index contributed by atoms with van der Waals surface area (Å²) in [6.07, 6.45) is 2.62. The van der Waals surface area contributed by atoms with Gasteiger partial charge in [-0.1, -0.05) is 32.9 Å². The lowest BCUT2D eigenvalue weighted by Gasteiger charge is -2.12. The molecule has 1 aliphatic heterocycles. The number of hydrogen-bond acceptors (Lipinski definition) is 1. The summed E-state index contributed by atoms with van der Waals surface area (Å²) in [5.74, 6) is 1.71. The fraction of sp³-hybridized carbons (Fsp3) is 0.625. The van der Waals surface area contributed by atoms with Crippen LogP contribution in [-0.2, 0) is 25.9 Å². The highest BCUT2D eigenvalue weighted by atomic mass is 15.1. The van der Waals surface area contributed by atoms with Crippen LogP contribution in [-0.4, -0.2) is 11.4 Å². The Morgan fingerprint density at radius 2 is 1.59 bits per heavy atom. The highest BCUT2D eigenvalue weighted by molar-refractivity contribution is 5.43. The minimum atomic E-state index is 0.824. The molecule has 0 amide bonds. The number of fused-ring (bicyclic) bond motifs is 2. The van der Waals surface area contributed by atoms with E-state index in [9.17, 15) is 0 Å². The Labute approximate surface area is 105 Å². The van der Waals surface area contributed by atoms with Crippen LogP contribution in [0.1, 0.15) is 43.0 Å². The minimum absolute atomic E-state index is 0.824. The molecule has 0 radical (unpaired) electrons. The highest BCUT2D eigenvalue weighted by Gasteiger charge is 2.27. The summed E-state index contributed by atoms with van der Waals surface area (Å²) in [7, 11) is 0. The van der Waals surface area contributed by atoms with Gasteiger partial charge in [0, 0.05) is 13.1 Å². The van der Waals surface area contributed by atoms with Gasteiger partial charge in [-0.05, 0) is 53.5 Å². The molecule has 1 nitrogen and oxygen atoms in total. The van der Waals surface area contributed by atoms with Gasteiger partial charge >= 0.3 is 0 Å². The molecule has 0 spiro atoms. The van der Waals surface area contributed by atoms with Crippen LogP contribution in [0.25, 0.3) is 0 Å². The Kier molecular flexibility index (Phi) is 2.74. The van der Waals surface area contributed by atoms with Crippen LogP contribution in [0.4, 0.5) is 0 Å². The Balaban J connectivity index is 1.87. The first-order chi connectivity index (χ1) is 8.17.